The van der Waals surface area contributed by atoms with Crippen LogP contribution in [-0.4, -0.2) is 0 Å². The Kier molecular flexibility index (Phi) is 3.47. The number of hydrogen-bond donors (Lipinski definition) is 1. The quantitative estimate of drug-likeness (QED) is 0.731. The van der Waals surface area contributed by atoms with E-state index in [2.05, 4.69) is 0 Å². The summed E-state index contributed by atoms with van der Waals surface area (Å²) in [6.45, 7) is 1.56. The third kappa shape index (κ3) is 2.54. The second-order valence-electron chi connectivity index (χ2n) is 4.93. The zero-order chi connectivity index (χ0) is 15.1. The number of aryl methyl sites for hydroxylation is 1. The highest BCUT2D eigenvalue weighted by Gasteiger charge is 2.18. The van der Waals surface area contributed by atoms with Crippen molar-refractivity contribution in [3.63, 3.8) is 0 Å². The van der Waals surface area contributed by atoms with E-state index in [0.717, 1.165) is 16.2 Å². The van der Waals surface area contributed by atoms with Crippen LogP contribution in [0.2, 0.25) is 0 Å². The summed E-state index contributed by atoms with van der Waals surface area (Å²) in [7, 11) is 0. The van der Waals surface area contributed by atoms with Gasteiger partial charge in [-0.1, -0.05) is 6.07 Å². The van der Waals surface area contributed by atoms with E-state index in [4.69, 9.17) is 5.73 Å². The number of halogens is 3. The molecule has 0 saturated carbocycles. The molecule has 1 aromatic heterocycles. The Hall–Kier alpha value is -1.85. The Morgan fingerprint density at radius 3 is 2.52 bits per heavy atom. The van der Waals surface area contributed by atoms with Crippen LogP contribution in [0, 0.1) is 24.4 Å². The minimum atomic E-state index is -0.704. The molecule has 5 heteroatoms. The van der Waals surface area contributed by atoms with Gasteiger partial charge in [0.15, 0.2) is 0 Å². The highest BCUT2D eigenvalue weighted by molar-refractivity contribution is 7.19. The molecular formula is C16H12F3NS. The molecule has 0 saturated heterocycles. The van der Waals surface area contributed by atoms with Gasteiger partial charge < -0.3 is 5.73 Å². The van der Waals surface area contributed by atoms with Crippen LogP contribution >= 0.6 is 11.3 Å². The van der Waals surface area contributed by atoms with Gasteiger partial charge in [0.1, 0.15) is 17.5 Å². The highest BCUT2D eigenvalue weighted by Crippen LogP contribution is 2.33. The van der Waals surface area contributed by atoms with Crippen LogP contribution in [0.15, 0.2) is 36.4 Å². The predicted octanol–water partition coefficient (Wildman–Crippen LogP) is 4.68. The molecule has 0 bridgehead atoms. The average molecular weight is 307 g/mol. The number of rotatable bonds is 2. The van der Waals surface area contributed by atoms with Crippen molar-refractivity contribution >= 4 is 21.4 Å². The lowest BCUT2D eigenvalue weighted by Crippen LogP contribution is -2.13. The molecule has 1 unspecified atom stereocenters. The van der Waals surface area contributed by atoms with Gasteiger partial charge in [-0.3, -0.25) is 0 Å². The molecule has 2 N–H and O–H groups in total. The number of hydrogen-bond acceptors (Lipinski definition) is 2. The van der Waals surface area contributed by atoms with Crippen LogP contribution < -0.4 is 5.73 Å². The van der Waals surface area contributed by atoms with Crippen LogP contribution in [0.5, 0.6) is 0 Å². The number of thiophene rings is 1. The third-order valence-electron chi connectivity index (χ3n) is 3.42. The molecule has 0 aliphatic carbocycles. The molecule has 1 atom stereocenters. The van der Waals surface area contributed by atoms with Crippen molar-refractivity contribution in [1.29, 1.82) is 0 Å². The summed E-state index contributed by atoms with van der Waals surface area (Å²) in [6, 6.07) is 7.81. The lowest BCUT2D eigenvalue weighted by atomic mass is 10.0. The number of nitrogens with two attached hydrogens (primary N) is 1. The Morgan fingerprint density at radius 1 is 1.00 bits per heavy atom. The summed E-state index contributed by atoms with van der Waals surface area (Å²) in [4.78, 5) is 0.709. The Morgan fingerprint density at radius 2 is 1.76 bits per heavy atom. The molecule has 0 radical (unpaired) electrons. The van der Waals surface area contributed by atoms with E-state index in [9.17, 15) is 13.2 Å². The second-order valence-corrected chi connectivity index (χ2v) is 6.05. The van der Waals surface area contributed by atoms with Crippen molar-refractivity contribution in [2.24, 2.45) is 5.73 Å². The van der Waals surface area contributed by atoms with Crippen LogP contribution in [0.25, 0.3) is 10.1 Å². The second kappa shape index (κ2) is 5.16. The van der Waals surface area contributed by atoms with Crippen LogP contribution in [0.1, 0.15) is 22.0 Å². The Labute approximate surface area is 123 Å². The van der Waals surface area contributed by atoms with Gasteiger partial charge in [0.05, 0.1) is 6.04 Å². The molecule has 1 heterocycles. The summed E-state index contributed by atoms with van der Waals surface area (Å²) in [6.07, 6.45) is 0. The van der Waals surface area contributed by atoms with Gasteiger partial charge in [0, 0.05) is 21.2 Å². The first-order chi connectivity index (χ1) is 9.95. The molecule has 0 amide bonds. The van der Waals surface area contributed by atoms with Gasteiger partial charge in [-0.05, 0) is 42.1 Å². The normalized spacial score (nSPS) is 12.8. The first-order valence-electron chi connectivity index (χ1n) is 6.36. The van der Waals surface area contributed by atoms with Crippen molar-refractivity contribution in [1.82, 2.24) is 0 Å². The summed E-state index contributed by atoms with van der Waals surface area (Å²) < 4.78 is 41.2. The maximum absolute atomic E-state index is 13.9. The molecule has 0 fully saturated rings. The fourth-order valence-corrected chi connectivity index (χ4v) is 3.36. The maximum atomic E-state index is 13.9. The molecular weight excluding hydrogens is 295 g/mol. The summed E-state index contributed by atoms with van der Waals surface area (Å²) in [5.41, 5.74) is 6.67. The van der Waals surface area contributed by atoms with E-state index in [1.165, 1.54) is 29.5 Å². The Bertz CT molecular complexity index is 826. The largest absolute Gasteiger partial charge is 0.320 e. The molecule has 21 heavy (non-hydrogen) atoms. The van der Waals surface area contributed by atoms with E-state index in [1.807, 2.05) is 6.07 Å². The fraction of sp³-hybridized carbons (Fsp3) is 0.125. The van der Waals surface area contributed by atoms with Crippen molar-refractivity contribution < 1.29 is 13.2 Å². The summed E-state index contributed by atoms with van der Waals surface area (Å²) in [5.74, 6) is -1.59. The van der Waals surface area contributed by atoms with Gasteiger partial charge in [-0.25, -0.2) is 13.2 Å². The highest BCUT2D eigenvalue weighted by atomic mass is 32.1. The molecule has 3 rings (SSSR count). The lowest BCUT2D eigenvalue weighted by molar-refractivity contribution is 0.561. The standard InChI is InChI=1S/C16H12F3NS/c1-8-4-11(13(19)7-12(8)18)16(20)15-5-9-2-3-10(17)6-14(9)21-15/h2-7,16H,20H2,1H3. The van der Waals surface area contributed by atoms with Crippen LogP contribution in [-0.2, 0) is 0 Å². The van der Waals surface area contributed by atoms with E-state index in [-0.39, 0.29) is 11.4 Å². The van der Waals surface area contributed by atoms with Crippen molar-refractivity contribution in [3.05, 3.63) is 69.9 Å². The fourth-order valence-electron chi connectivity index (χ4n) is 2.25. The molecule has 2 aromatic carbocycles. The topological polar surface area (TPSA) is 26.0 Å². The average Bonchev–Trinajstić information content (AvgIpc) is 2.85. The first kappa shape index (κ1) is 14.1. The molecule has 108 valence electrons. The van der Waals surface area contributed by atoms with Gasteiger partial charge in [0.2, 0.25) is 0 Å². The number of benzene rings is 2. The zero-order valence-corrected chi connectivity index (χ0v) is 12.0. The molecule has 3 aromatic rings. The number of fused-ring (bicyclic) bond motifs is 1. The van der Waals surface area contributed by atoms with Gasteiger partial charge >= 0.3 is 0 Å². The van der Waals surface area contributed by atoms with Crippen molar-refractivity contribution in [3.8, 4) is 0 Å². The molecule has 1 nitrogen and oxygen atoms in total. The van der Waals surface area contributed by atoms with Crippen molar-refractivity contribution in [2.75, 3.05) is 0 Å². The van der Waals surface area contributed by atoms with E-state index >= 15 is 0 Å². The molecule has 0 aliphatic rings. The predicted molar refractivity (Wildman–Crippen MR) is 78.9 cm³/mol. The first-order valence-corrected chi connectivity index (χ1v) is 7.17. The summed E-state index contributed by atoms with van der Waals surface area (Å²) >= 11 is 1.31. The maximum Gasteiger partial charge on any atom is 0.131 e. The minimum absolute atomic E-state index is 0.237. The minimum Gasteiger partial charge on any atom is -0.320 e. The third-order valence-corrected chi connectivity index (χ3v) is 4.60. The smallest absolute Gasteiger partial charge is 0.131 e. The van der Waals surface area contributed by atoms with E-state index < -0.39 is 17.7 Å². The van der Waals surface area contributed by atoms with Gasteiger partial charge in [-0.15, -0.1) is 11.3 Å². The van der Waals surface area contributed by atoms with Gasteiger partial charge in [0.25, 0.3) is 0 Å². The zero-order valence-electron chi connectivity index (χ0n) is 11.2. The van der Waals surface area contributed by atoms with E-state index in [1.54, 1.807) is 13.0 Å². The van der Waals surface area contributed by atoms with E-state index in [0.29, 0.717) is 10.4 Å². The van der Waals surface area contributed by atoms with Crippen LogP contribution in [0.4, 0.5) is 13.2 Å². The lowest BCUT2D eigenvalue weighted by Gasteiger charge is -2.12. The van der Waals surface area contributed by atoms with Crippen molar-refractivity contribution in [2.45, 2.75) is 13.0 Å². The Balaban J connectivity index is 2.07. The summed E-state index contributed by atoms with van der Waals surface area (Å²) in [5, 5.41) is 0.853. The molecule has 0 aliphatic heterocycles. The SMILES string of the molecule is Cc1cc(C(N)c2cc3ccc(F)cc3s2)c(F)cc1F. The monoisotopic (exact) mass is 307 g/mol. The van der Waals surface area contributed by atoms with Gasteiger partial charge in [-0.2, -0.15) is 0 Å². The van der Waals surface area contributed by atoms with Crippen LogP contribution in [0.3, 0.4) is 0 Å². The molecule has 0 spiro atoms.